The van der Waals surface area contributed by atoms with E-state index in [0.717, 1.165) is 12.2 Å². The Bertz CT molecular complexity index is 306. The molecule has 1 aromatic heterocycles. The molecule has 0 aliphatic carbocycles. The SMILES string of the molecule is CSCCc1ccc(=O)n(C)c1. The molecule has 12 heavy (non-hydrogen) atoms. The molecule has 0 atom stereocenters. The Morgan fingerprint density at radius 3 is 2.83 bits per heavy atom. The summed E-state index contributed by atoms with van der Waals surface area (Å²) in [5.74, 6) is 1.11. The molecule has 3 heteroatoms. The highest BCUT2D eigenvalue weighted by molar-refractivity contribution is 7.98. The molecule has 0 aromatic carbocycles. The van der Waals surface area contributed by atoms with Crippen LogP contribution in [0.1, 0.15) is 5.56 Å². The zero-order valence-electron chi connectivity index (χ0n) is 7.41. The predicted octanol–water partition coefficient (Wildman–Crippen LogP) is 1.29. The first-order chi connectivity index (χ1) is 5.74. The number of hydrogen-bond acceptors (Lipinski definition) is 2. The molecule has 2 nitrogen and oxygen atoms in total. The van der Waals surface area contributed by atoms with E-state index in [0.29, 0.717) is 0 Å². The van der Waals surface area contributed by atoms with Crippen LogP contribution < -0.4 is 5.56 Å². The summed E-state index contributed by atoms with van der Waals surface area (Å²) in [7, 11) is 1.78. The lowest BCUT2D eigenvalue weighted by atomic mass is 10.2. The Hall–Kier alpha value is -0.700. The van der Waals surface area contributed by atoms with Crippen LogP contribution in [0, 0.1) is 0 Å². The molecular formula is C9H13NOS. The third-order valence-electron chi connectivity index (χ3n) is 1.74. The minimum atomic E-state index is 0.0582. The molecule has 0 bridgehead atoms. The number of hydrogen-bond donors (Lipinski definition) is 0. The zero-order chi connectivity index (χ0) is 8.97. The van der Waals surface area contributed by atoms with Gasteiger partial charge in [0.2, 0.25) is 5.56 Å². The average molecular weight is 183 g/mol. The van der Waals surface area contributed by atoms with Gasteiger partial charge in [-0.2, -0.15) is 11.8 Å². The van der Waals surface area contributed by atoms with Crippen molar-refractivity contribution in [2.45, 2.75) is 6.42 Å². The van der Waals surface area contributed by atoms with Gasteiger partial charge in [0.05, 0.1) is 0 Å². The lowest BCUT2D eigenvalue weighted by Crippen LogP contribution is -2.14. The highest BCUT2D eigenvalue weighted by Crippen LogP contribution is 2.01. The second kappa shape index (κ2) is 4.36. The molecule has 1 rings (SSSR count). The largest absolute Gasteiger partial charge is 0.318 e. The molecule has 0 aliphatic heterocycles. The van der Waals surface area contributed by atoms with Crippen molar-refractivity contribution in [3.05, 3.63) is 34.2 Å². The Kier molecular flexibility index (Phi) is 3.41. The molecule has 1 heterocycles. The average Bonchev–Trinajstić information content (AvgIpc) is 2.07. The van der Waals surface area contributed by atoms with Gasteiger partial charge in [-0.3, -0.25) is 4.79 Å². The quantitative estimate of drug-likeness (QED) is 0.704. The highest BCUT2D eigenvalue weighted by atomic mass is 32.2. The van der Waals surface area contributed by atoms with Gasteiger partial charge in [0, 0.05) is 19.3 Å². The van der Waals surface area contributed by atoms with Gasteiger partial charge in [-0.1, -0.05) is 6.07 Å². The second-order valence-electron chi connectivity index (χ2n) is 2.73. The molecule has 0 saturated carbocycles. The second-order valence-corrected chi connectivity index (χ2v) is 3.71. The monoisotopic (exact) mass is 183 g/mol. The van der Waals surface area contributed by atoms with Crippen molar-refractivity contribution in [1.29, 1.82) is 0 Å². The number of rotatable bonds is 3. The van der Waals surface area contributed by atoms with Crippen LogP contribution >= 0.6 is 11.8 Å². The van der Waals surface area contributed by atoms with Crippen LogP contribution in [-0.2, 0) is 13.5 Å². The standard InChI is InChI=1S/C9H13NOS/c1-10-7-8(5-6-12-2)3-4-9(10)11/h3-4,7H,5-6H2,1-2H3. The third-order valence-corrected chi connectivity index (χ3v) is 2.35. The molecule has 0 unspecified atom stereocenters. The number of aryl methyl sites for hydroxylation is 2. The van der Waals surface area contributed by atoms with Gasteiger partial charge in [0.15, 0.2) is 0 Å². The van der Waals surface area contributed by atoms with Crippen molar-refractivity contribution in [2.24, 2.45) is 7.05 Å². The Labute approximate surface area is 76.6 Å². The van der Waals surface area contributed by atoms with Gasteiger partial charge < -0.3 is 4.57 Å². The van der Waals surface area contributed by atoms with E-state index in [-0.39, 0.29) is 5.56 Å². The fourth-order valence-corrected chi connectivity index (χ4v) is 1.46. The van der Waals surface area contributed by atoms with Crippen LogP contribution in [0.25, 0.3) is 0 Å². The first-order valence-corrected chi connectivity index (χ1v) is 5.28. The van der Waals surface area contributed by atoms with Crippen LogP contribution in [0.3, 0.4) is 0 Å². The van der Waals surface area contributed by atoms with Crippen molar-refractivity contribution in [3.63, 3.8) is 0 Å². The van der Waals surface area contributed by atoms with Gasteiger partial charge in [-0.05, 0) is 24.0 Å². The summed E-state index contributed by atoms with van der Waals surface area (Å²) >= 11 is 1.82. The van der Waals surface area contributed by atoms with E-state index in [1.165, 1.54) is 5.56 Å². The Balaban J connectivity index is 2.75. The molecule has 0 fully saturated rings. The van der Waals surface area contributed by atoms with E-state index in [1.807, 2.05) is 24.0 Å². The minimum Gasteiger partial charge on any atom is -0.318 e. The van der Waals surface area contributed by atoms with Crippen LogP contribution in [0.15, 0.2) is 23.1 Å². The first kappa shape index (κ1) is 9.39. The molecule has 0 radical (unpaired) electrons. The Morgan fingerprint density at radius 2 is 2.25 bits per heavy atom. The lowest BCUT2D eigenvalue weighted by Gasteiger charge is -2.01. The van der Waals surface area contributed by atoms with Crippen LogP contribution in [0.2, 0.25) is 0 Å². The van der Waals surface area contributed by atoms with E-state index < -0.39 is 0 Å². The molecule has 0 saturated heterocycles. The van der Waals surface area contributed by atoms with E-state index in [2.05, 4.69) is 6.26 Å². The molecular weight excluding hydrogens is 170 g/mol. The Morgan fingerprint density at radius 1 is 1.50 bits per heavy atom. The summed E-state index contributed by atoms with van der Waals surface area (Å²) in [4.78, 5) is 11.0. The van der Waals surface area contributed by atoms with Crippen molar-refractivity contribution in [3.8, 4) is 0 Å². The maximum atomic E-state index is 11.0. The van der Waals surface area contributed by atoms with Crippen molar-refractivity contribution in [2.75, 3.05) is 12.0 Å². The number of pyridine rings is 1. The summed E-state index contributed by atoms with van der Waals surface area (Å²) in [5.41, 5.74) is 1.29. The fourth-order valence-electron chi connectivity index (χ4n) is 1.02. The first-order valence-electron chi connectivity index (χ1n) is 3.88. The summed E-state index contributed by atoms with van der Waals surface area (Å²) in [5, 5.41) is 0. The van der Waals surface area contributed by atoms with Crippen LogP contribution in [0.4, 0.5) is 0 Å². The molecule has 66 valence electrons. The van der Waals surface area contributed by atoms with Crippen molar-refractivity contribution >= 4 is 11.8 Å². The molecule has 0 spiro atoms. The number of aromatic nitrogens is 1. The number of nitrogens with zero attached hydrogens (tertiary/aromatic N) is 1. The molecule has 0 aliphatic rings. The van der Waals surface area contributed by atoms with Gasteiger partial charge in [-0.25, -0.2) is 0 Å². The normalized spacial score (nSPS) is 10.2. The zero-order valence-corrected chi connectivity index (χ0v) is 8.23. The van der Waals surface area contributed by atoms with E-state index >= 15 is 0 Å². The fraction of sp³-hybridized carbons (Fsp3) is 0.444. The van der Waals surface area contributed by atoms with Gasteiger partial charge in [0.1, 0.15) is 0 Å². The van der Waals surface area contributed by atoms with Gasteiger partial charge in [-0.15, -0.1) is 0 Å². The molecule has 0 N–H and O–H groups in total. The highest BCUT2D eigenvalue weighted by Gasteiger charge is 1.94. The lowest BCUT2D eigenvalue weighted by molar-refractivity contribution is 0.843. The van der Waals surface area contributed by atoms with Crippen LogP contribution in [0.5, 0.6) is 0 Å². The molecule has 1 aromatic rings. The maximum absolute atomic E-state index is 11.0. The smallest absolute Gasteiger partial charge is 0.250 e. The summed E-state index contributed by atoms with van der Waals surface area (Å²) in [6.45, 7) is 0. The number of thioether (sulfide) groups is 1. The third kappa shape index (κ3) is 2.41. The van der Waals surface area contributed by atoms with Crippen molar-refractivity contribution < 1.29 is 0 Å². The summed E-state index contributed by atoms with van der Waals surface area (Å²) in [6, 6.07) is 3.52. The van der Waals surface area contributed by atoms with Crippen LogP contribution in [-0.4, -0.2) is 16.6 Å². The summed E-state index contributed by atoms with van der Waals surface area (Å²) < 4.78 is 1.62. The van der Waals surface area contributed by atoms with E-state index in [9.17, 15) is 4.79 Å². The van der Waals surface area contributed by atoms with Crippen molar-refractivity contribution in [1.82, 2.24) is 4.57 Å². The maximum Gasteiger partial charge on any atom is 0.250 e. The van der Waals surface area contributed by atoms with Gasteiger partial charge >= 0.3 is 0 Å². The van der Waals surface area contributed by atoms with Gasteiger partial charge in [0.25, 0.3) is 0 Å². The predicted molar refractivity (Wildman–Crippen MR) is 53.8 cm³/mol. The minimum absolute atomic E-state index is 0.0582. The topological polar surface area (TPSA) is 22.0 Å². The summed E-state index contributed by atoms with van der Waals surface area (Å²) in [6.07, 6.45) is 5.02. The molecule has 0 amide bonds. The van der Waals surface area contributed by atoms with E-state index in [1.54, 1.807) is 17.7 Å². The van der Waals surface area contributed by atoms with E-state index in [4.69, 9.17) is 0 Å².